The Morgan fingerprint density at radius 2 is 1.56 bits per heavy atom. The van der Waals surface area contributed by atoms with Gasteiger partial charge in [-0.05, 0) is 24.3 Å². The third-order valence-electron chi connectivity index (χ3n) is 4.04. The molecule has 0 radical (unpaired) electrons. The van der Waals surface area contributed by atoms with Crippen molar-refractivity contribution in [2.75, 3.05) is 32.8 Å². The third kappa shape index (κ3) is 4.69. The van der Waals surface area contributed by atoms with Gasteiger partial charge in [0.1, 0.15) is 5.75 Å². The summed E-state index contributed by atoms with van der Waals surface area (Å²) in [7, 11) is 0. The average molecular weight is 446 g/mol. The van der Waals surface area contributed by atoms with Gasteiger partial charge in [-0.25, -0.2) is 8.78 Å². The molecule has 0 saturated carbocycles. The maximum Gasteiger partial charge on any atom is 0.205 e. The standard InChI is InChI=1S/C19H16BrF4NO2/c20-12-3-5-13(6-4-12)27-19-17(23)15(21)14(16(22)18(19)24)2-1-7-25-8-10-26-11-9-25/h1-6H,7-11H2/b2-1+. The van der Waals surface area contributed by atoms with E-state index in [1.807, 2.05) is 4.90 Å². The minimum Gasteiger partial charge on any atom is -0.451 e. The van der Waals surface area contributed by atoms with E-state index in [-0.39, 0.29) is 5.75 Å². The van der Waals surface area contributed by atoms with Crippen molar-refractivity contribution in [3.05, 3.63) is 63.6 Å². The molecule has 1 aliphatic heterocycles. The fourth-order valence-electron chi connectivity index (χ4n) is 2.59. The van der Waals surface area contributed by atoms with Crippen LogP contribution >= 0.6 is 15.9 Å². The van der Waals surface area contributed by atoms with E-state index in [0.29, 0.717) is 37.3 Å². The number of benzene rings is 2. The Bertz CT molecular complexity index is 808. The van der Waals surface area contributed by atoms with Gasteiger partial charge >= 0.3 is 0 Å². The lowest BCUT2D eigenvalue weighted by Crippen LogP contribution is -2.36. The average Bonchev–Trinajstić information content (AvgIpc) is 2.68. The number of rotatable bonds is 5. The van der Waals surface area contributed by atoms with Crippen molar-refractivity contribution in [3.63, 3.8) is 0 Å². The zero-order valence-electron chi connectivity index (χ0n) is 14.2. The van der Waals surface area contributed by atoms with Gasteiger partial charge in [0.25, 0.3) is 0 Å². The molecule has 0 atom stereocenters. The summed E-state index contributed by atoms with van der Waals surface area (Å²) in [6.45, 7) is 2.89. The fourth-order valence-corrected chi connectivity index (χ4v) is 2.85. The second-order valence-electron chi connectivity index (χ2n) is 5.87. The van der Waals surface area contributed by atoms with Gasteiger partial charge in [0.05, 0.1) is 18.8 Å². The Balaban J connectivity index is 1.83. The van der Waals surface area contributed by atoms with Crippen molar-refractivity contribution in [1.29, 1.82) is 0 Å². The molecule has 144 valence electrons. The number of hydrogen-bond acceptors (Lipinski definition) is 3. The summed E-state index contributed by atoms with van der Waals surface area (Å²) in [5, 5.41) is 0. The van der Waals surface area contributed by atoms with E-state index in [4.69, 9.17) is 9.47 Å². The van der Waals surface area contributed by atoms with E-state index < -0.39 is 34.6 Å². The molecule has 1 fully saturated rings. The molecule has 0 aliphatic carbocycles. The lowest BCUT2D eigenvalue weighted by molar-refractivity contribution is 0.0435. The van der Waals surface area contributed by atoms with Crippen molar-refractivity contribution in [3.8, 4) is 11.5 Å². The molecule has 3 nitrogen and oxygen atoms in total. The molecule has 3 rings (SSSR count). The highest BCUT2D eigenvalue weighted by atomic mass is 79.9. The predicted molar refractivity (Wildman–Crippen MR) is 96.8 cm³/mol. The summed E-state index contributed by atoms with van der Waals surface area (Å²) in [5.41, 5.74) is -0.776. The number of hydrogen-bond donors (Lipinski definition) is 0. The molecule has 0 unspecified atom stereocenters. The van der Waals surface area contributed by atoms with Crippen molar-refractivity contribution in [2.45, 2.75) is 0 Å². The van der Waals surface area contributed by atoms with Crippen LogP contribution in [0.3, 0.4) is 0 Å². The van der Waals surface area contributed by atoms with Crippen molar-refractivity contribution >= 4 is 22.0 Å². The van der Waals surface area contributed by atoms with E-state index in [0.717, 1.165) is 6.08 Å². The molecule has 1 aliphatic rings. The van der Waals surface area contributed by atoms with Crippen LogP contribution in [0.5, 0.6) is 11.5 Å². The number of nitrogens with zero attached hydrogens (tertiary/aromatic N) is 1. The number of morpholine rings is 1. The first-order valence-electron chi connectivity index (χ1n) is 8.23. The summed E-state index contributed by atoms with van der Waals surface area (Å²) in [5.74, 6) is -7.23. The molecule has 0 bridgehead atoms. The topological polar surface area (TPSA) is 21.7 Å². The second-order valence-corrected chi connectivity index (χ2v) is 6.79. The Kier molecular flexibility index (Phi) is 6.51. The van der Waals surface area contributed by atoms with Gasteiger partial charge in [-0.15, -0.1) is 0 Å². The molecule has 0 aromatic heterocycles. The van der Waals surface area contributed by atoms with E-state index in [2.05, 4.69) is 15.9 Å². The highest BCUT2D eigenvalue weighted by molar-refractivity contribution is 9.10. The first kappa shape index (κ1) is 19.9. The normalized spacial score (nSPS) is 15.4. The monoisotopic (exact) mass is 445 g/mol. The lowest BCUT2D eigenvalue weighted by atomic mass is 10.1. The van der Waals surface area contributed by atoms with Gasteiger partial charge in [-0.1, -0.05) is 28.1 Å². The van der Waals surface area contributed by atoms with Crippen LogP contribution in [0.4, 0.5) is 17.6 Å². The van der Waals surface area contributed by atoms with Gasteiger partial charge in [-0.2, -0.15) is 8.78 Å². The zero-order chi connectivity index (χ0) is 19.4. The zero-order valence-corrected chi connectivity index (χ0v) is 15.7. The SMILES string of the molecule is Fc1c(F)c(Oc2ccc(Br)cc2)c(F)c(F)c1/C=C/CN1CCOCC1. The van der Waals surface area contributed by atoms with Crippen LogP contribution in [0.2, 0.25) is 0 Å². The Labute approximate surface area is 162 Å². The van der Waals surface area contributed by atoms with E-state index >= 15 is 0 Å². The molecular weight excluding hydrogens is 430 g/mol. The first-order chi connectivity index (χ1) is 13.0. The quantitative estimate of drug-likeness (QED) is 0.469. The van der Waals surface area contributed by atoms with Gasteiger partial charge in [0, 0.05) is 24.1 Å². The molecule has 27 heavy (non-hydrogen) atoms. The van der Waals surface area contributed by atoms with Crippen LogP contribution in [0.1, 0.15) is 5.56 Å². The minimum absolute atomic E-state index is 0.0467. The van der Waals surface area contributed by atoms with Crippen molar-refractivity contribution in [2.24, 2.45) is 0 Å². The third-order valence-corrected chi connectivity index (χ3v) is 4.57. The lowest BCUT2D eigenvalue weighted by Gasteiger charge is -2.25. The summed E-state index contributed by atoms with van der Waals surface area (Å²) >= 11 is 3.20. The molecule has 0 N–H and O–H groups in total. The largest absolute Gasteiger partial charge is 0.451 e. The van der Waals surface area contributed by atoms with Crippen LogP contribution < -0.4 is 4.74 Å². The molecule has 2 aromatic rings. The Hall–Kier alpha value is -1.90. The molecule has 0 amide bonds. The van der Waals surface area contributed by atoms with Crippen LogP contribution in [-0.2, 0) is 4.74 Å². The summed E-state index contributed by atoms with van der Waals surface area (Å²) in [6.07, 6.45) is 2.50. The fraction of sp³-hybridized carbons (Fsp3) is 0.263. The van der Waals surface area contributed by atoms with Gasteiger partial charge in [0.2, 0.25) is 17.4 Å². The Morgan fingerprint density at radius 3 is 2.15 bits per heavy atom. The smallest absolute Gasteiger partial charge is 0.205 e. The molecule has 0 spiro atoms. The number of ether oxygens (including phenoxy) is 2. The van der Waals surface area contributed by atoms with Crippen LogP contribution in [0.15, 0.2) is 34.8 Å². The van der Waals surface area contributed by atoms with E-state index in [1.165, 1.54) is 18.2 Å². The maximum absolute atomic E-state index is 14.3. The summed E-state index contributed by atoms with van der Waals surface area (Å²) in [4.78, 5) is 1.99. The second kappa shape index (κ2) is 8.86. The highest BCUT2D eigenvalue weighted by Crippen LogP contribution is 2.34. The van der Waals surface area contributed by atoms with Gasteiger partial charge in [-0.3, -0.25) is 4.90 Å². The molecule has 1 saturated heterocycles. The molecule has 2 aromatic carbocycles. The van der Waals surface area contributed by atoms with Crippen molar-refractivity contribution < 1.29 is 27.0 Å². The Morgan fingerprint density at radius 1 is 0.963 bits per heavy atom. The van der Waals surface area contributed by atoms with Gasteiger partial charge < -0.3 is 9.47 Å². The van der Waals surface area contributed by atoms with E-state index in [9.17, 15) is 17.6 Å². The van der Waals surface area contributed by atoms with Crippen LogP contribution in [0, 0.1) is 23.3 Å². The number of halogens is 5. The van der Waals surface area contributed by atoms with Crippen LogP contribution in [-0.4, -0.2) is 37.7 Å². The minimum atomic E-state index is -1.58. The van der Waals surface area contributed by atoms with Crippen molar-refractivity contribution in [1.82, 2.24) is 4.90 Å². The van der Waals surface area contributed by atoms with Crippen LogP contribution in [0.25, 0.3) is 6.08 Å². The summed E-state index contributed by atoms with van der Waals surface area (Å²) in [6, 6.07) is 5.96. The first-order valence-corrected chi connectivity index (χ1v) is 9.02. The highest BCUT2D eigenvalue weighted by Gasteiger charge is 2.26. The summed E-state index contributed by atoms with van der Waals surface area (Å²) < 4.78 is 68.0. The molecular formula is C19H16BrF4NO2. The van der Waals surface area contributed by atoms with Gasteiger partial charge in [0.15, 0.2) is 11.6 Å². The molecule has 1 heterocycles. The predicted octanol–water partition coefficient (Wildman–Crippen LogP) is 5.14. The molecule has 8 heteroatoms. The maximum atomic E-state index is 14.3. The van der Waals surface area contributed by atoms with E-state index in [1.54, 1.807) is 12.1 Å².